The van der Waals surface area contributed by atoms with Crippen molar-refractivity contribution < 1.29 is 14.3 Å². The summed E-state index contributed by atoms with van der Waals surface area (Å²) in [6.07, 6.45) is 4.49. The number of nitrogens with zero attached hydrogens (tertiary/aromatic N) is 6. The Kier molecular flexibility index (Phi) is 5.16. The highest BCUT2D eigenvalue weighted by Gasteiger charge is 2.29. The van der Waals surface area contributed by atoms with E-state index in [-0.39, 0.29) is 12.1 Å². The molecule has 0 radical (unpaired) electrons. The first kappa shape index (κ1) is 20.6. The van der Waals surface area contributed by atoms with E-state index in [1.807, 2.05) is 49.7 Å². The minimum atomic E-state index is -0.497. The van der Waals surface area contributed by atoms with E-state index in [0.717, 1.165) is 28.4 Å². The lowest BCUT2D eigenvalue weighted by molar-refractivity contribution is 0.0186. The fourth-order valence-electron chi connectivity index (χ4n) is 3.79. The highest BCUT2D eigenvalue weighted by molar-refractivity contribution is 7.20. The molecule has 4 heterocycles. The molecule has 0 bridgehead atoms. The minimum Gasteiger partial charge on any atom is -0.444 e. The lowest BCUT2D eigenvalue weighted by Gasteiger charge is -2.33. The van der Waals surface area contributed by atoms with Gasteiger partial charge >= 0.3 is 6.09 Å². The number of aromatic nitrogens is 5. The number of carbonyl (C=O) groups excluding carboxylic acids is 1. The van der Waals surface area contributed by atoms with E-state index in [1.54, 1.807) is 11.1 Å². The number of hydrogen-bond acceptors (Lipinski definition) is 8. The number of rotatable bonds is 3. The van der Waals surface area contributed by atoms with Gasteiger partial charge in [-0.25, -0.2) is 24.4 Å². The van der Waals surface area contributed by atoms with E-state index in [1.165, 1.54) is 17.7 Å². The normalized spacial score (nSPS) is 15.4. The zero-order chi connectivity index (χ0) is 22.3. The van der Waals surface area contributed by atoms with Crippen LogP contribution in [0.5, 0.6) is 11.1 Å². The largest absolute Gasteiger partial charge is 0.444 e. The molecule has 1 amide bonds. The van der Waals surface area contributed by atoms with E-state index in [4.69, 9.17) is 9.47 Å². The van der Waals surface area contributed by atoms with Crippen molar-refractivity contribution in [2.24, 2.45) is 0 Å². The molecule has 4 aromatic rings. The Morgan fingerprint density at radius 3 is 2.69 bits per heavy atom. The van der Waals surface area contributed by atoms with Gasteiger partial charge in [0.25, 0.3) is 5.19 Å². The van der Waals surface area contributed by atoms with Crippen molar-refractivity contribution in [2.75, 3.05) is 13.1 Å². The summed E-state index contributed by atoms with van der Waals surface area (Å²) >= 11 is 1.47. The Balaban J connectivity index is 1.33. The molecule has 0 unspecified atom stereocenters. The van der Waals surface area contributed by atoms with Crippen LogP contribution in [0.1, 0.15) is 39.7 Å². The van der Waals surface area contributed by atoms with Gasteiger partial charge in [-0.05, 0) is 45.7 Å². The van der Waals surface area contributed by atoms with Gasteiger partial charge in [-0.1, -0.05) is 23.5 Å². The number of thiazole rings is 1. The first-order chi connectivity index (χ1) is 15.4. The highest BCUT2D eigenvalue weighted by Crippen LogP contribution is 2.34. The average Bonchev–Trinajstić information content (AvgIpc) is 3.37. The molecular formula is C22H24N6O3S. The van der Waals surface area contributed by atoms with Crippen molar-refractivity contribution in [3.05, 3.63) is 36.8 Å². The maximum absolute atomic E-state index is 12.3. The van der Waals surface area contributed by atoms with Gasteiger partial charge in [-0.2, -0.15) is 5.10 Å². The minimum absolute atomic E-state index is 0.136. The summed E-state index contributed by atoms with van der Waals surface area (Å²) < 4.78 is 14.5. The number of para-hydroxylation sites is 1. The van der Waals surface area contributed by atoms with Crippen LogP contribution in [0, 0.1) is 0 Å². The molecular weight excluding hydrogens is 428 g/mol. The zero-order valence-corrected chi connectivity index (χ0v) is 19.0. The van der Waals surface area contributed by atoms with E-state index < -0.39 is 5.60 Å². The number of piperidine rings is 1. The number of benzene rings is 1. The van der Waals surface area contributed by atoms with Crippen LogP contribution in [0.15, 0.2) is 36.8 Å². The average molecular weight is 453 g/mol. The lowest BCUT2D eigenvalue weighted by Crippen LogP contribution is -2.42. The van der Waals surface area contributed by atoms with Gasteiger partial charge < -0.3 is 14.4 Å². The van der Waals surface area contributed by atoms with Crippen LogP contribution in [-0.2, 0) is 4.74 Å². The number of amides is 1. The molecule has 1 saturated heterocycles. The van der Waals surface area contributed by atoms with Crippen molar-refractivity contribution in [2.45, 2.75) is 45.3 Å². The van der Waals surface area contributed by atoms with E-state index in [0.29, 0.717) is 29.8 Å². The number of hydrogen-bond donors (Lipinski definition) is 0. The lowest BCUT2D eigenvalue weighted by atomic mass is 10.1. The van der Waals surface area contributed by atoms with Crippen LogP contribution in [0.3, 0.4) is 0 Å². The van der Waals surface area contributed by atoms with Gasteiger partial charge in [0.1, 0.15) is 17.3 Å². The first-order valence-electron chi connectivity index (χ1n) is 10.6. The summed E-state index contributed by atoms with van der Waals surface area (Å²) in [6, 6.07) is 8.03. The van der Waals surface area contributed by atoms with Gasteiger partial charge in [0, 0.05) is 13.1 Å². The molecule has 1 aromatic carbocycles. The van der Waals surface area contributed by atoms with Gasteiger partial charge in [-0.3, -0.25) is 0 Å². The van der Waals surface area contributed by atoms with Crippen LogP contribution in [-0.4, -0.2) is 54.4 Å². The molecule has 10 heteroatoms. The maximum atomic E-state index is 12.3. The molecule has 0 N–H and O–H groups in total. The van der Waals surface area contributed by atoms with Crippen LogP contribution < -0.4 is 4.74 Å². The highest BCUT2D eigenvalue weighted by atomic mass is 32.1. The number of carbonyl (C=O) groups is 1. The number of ether oxygens (including phenoxy) is 2. The summed E-state index contributed by atoms with van der Waals surface area (Å²) in [4.78, 5) is 27.4. The second-order valence-corrected chi connectivity index (χ2v) is 9.75. The SMILES string of the molecule is CC(C)(C)OC(=O)N1CCC(n2ncc3c(Oc4nc5ccccc5s4)ncnc32)CC1. The number of fused-ring (bicyclic) bond motifs is 2. The molecule has 1 aliphatic rings. The smallest absolute Gasteiger partial charge is 0.410 e. The van der Waals surface area contributed by atoms with Crippen molar-refractivity contribution in [1.82, 2.24) is 29.6 Å². The number of likely N-dealkylation sites (tertiary alicyclic amines) is 1. The van der Waals surface area contributed by atoms with Gasteiger partial charge in [-0.15, -0.1) is 0 Å². The van der Waals surface area contributed by atoms with Crippen LogP contribution >= 0.6 is 11.3 Å². The molecule has 9 nitrogen and oxygen atoms in total. The molecule has 5 rings (SSSR count). The fourth-order valence-corrected chi connectivity index (χ4v) is 4.60. The molecule has 1 aliphatic heterocycles. The van der Waals surface area contributed by atoms with Crippen molar-refractivity contribution in [1.29, 1.82) is 0 Å². The Morgan fingerprint density at radius 2 is 1.94 bits per heavy atom. The second-order valence-electron chi connectivity index (χ2n) is 8.75. The van der Waals surface area contributed by atoms with Crippen LogP contribution in [0.2, 0.25) is 0 Å². The monoisotopic (exact) mass is 452 g/mol. The molecule has 0 spiro atoms. The fraction of sp³-hybridized carbons (Fsp3) is 0.409. The van der Waals surface area contributed by atoms with Gasteiger partial charge in [0.05, 0.1) is 22.5 Å². The summed E-state index contributed by atoms with van der Waals surface area (Å²) in [5.41, 5.74) is 1.11. The Hall–Kier alpha value is -3.27. The Labute approximate surface area is 189 Å². The summed E-state index contributed by atoms with van der Waals surface area (Å²) in [7, 11) is 0. The van der Waals surface area contributed by atoms with Crippen molar-refractivity contribution in [3.8, 4) is 11.1 Å². The summed E-state index contributed by atoms with van der Waals surface area (Å²) in [6.45, 7) is 6.85. The van der Waals surface area contributed by atoms with E-state index in [9.17, 15) is 4.79 Å². The van der Waals surface area contributed by atoms with Gasteiger partial charge in [0.2, 0.25) is 5.88 Å². The van der Waals surface area contributed by atoms with Crippen molar-refractivity contribution >= 4 is 38.7 Å². The summed E-state index contributed by atoms with van der Waals surface area (Å²) in [5.74, 6) is 0.437. The Bertz CT molecular complexity index is 1240. The molecule has 0 atom stereocenters. The predicted octanol–water partition coefficient (Wildman–Crippen LogP) is 4.80. The third-order valence-corrected chi connectivity index (χ3v) is 6.19. The van der Waals surface area contributed by atoms with E-state index >= 15 is 0 Å². The second kappa shape index (κ2) is 8.01. The first-order valence-corrected chi connectivity index (χ1v) is 11.4. The third kappa shape index (κ3) is 4.10. The quantitative estimate of drug-likeness (QED) is 0.440. The molecule has 0 saturated carbocycles. The Morgan fingerprint density at radius 1 is 1.16 bits per heavy atom. The molecule has 0 aliphatic carbocycles. The van der Waals surface area contributed by atoms with Gasteiger partial charge in [0.15, 0.2) is 5.65 Å². The standard InChI is InChI=1S/C22H24N6O3S/c1-22(2,3)31-21(29)27-10-8-14(9-11-27)28-18-15(12-25-28)19(24-13-23-18)30-20-26-16-6-4-5-7-17(16)32-20/h4-7,12-14H,8-11H2,1-3H3. The molecule has 3 aromatic heterocycles. The maximum Gasteiger partial charge on any atom is 0.410 e. The molecule has 1 fully saturated rings. The topological polar surface area (TPSA) is 95.3 Å². The molecule has 166 valence electrons. The molecule has 32 heavy (non-hydrogen) atoms. The van der Waals surface area contributed by atoms with Crippen molar-refractivity contribution in [3.63, 3.8) is 0 Å². The van der Waals surface area contributed by atoms with Crippen LogP contribution in [0.25, 0.3) is 21.3 Å². The van der Waals surface area contributed by atoms with Crippen LogP contribution in [0.4, 0.5) is 4.79 Å². The van der Waals surface area contributed by atoms with E-state index in [2.05, 4.69) is 20.1 Å². The zero-order valence-electron chi connectivity index (χ0n) is 18.2. The third-order valence-electron chi connectivity index (χ3n) is 5.27. The predicted molar refractivity (Wildman–Crippen MR) is 121 cm³/mol. The summed E-state index contributed by atoms with van der Waals surface area (Å²) in [5, 5.41) is 5.85.